The maximum absolute atomic E-state index is 9.31. The number of hydrogen-bond acceptors (Lipinski definition) is 1. The fraction of sp³-hybridized carbons (Fsp3) is 0.500. The molecule has 2 aliphatic carbocycles. The van der Waals surface area contributed by atoms with Crippen molar-refractivity contribution in [2.75, 3.05) is 0 Å². The number of rotatable bonds is 0. The van der Waals surface area contributed by atoms with Gasteiger partial charge in [0.2, 0.25) is 0 Å². The van der Waals surface area contributed by atoms with Crippen molar-refractivity contribution < 1.29 is 0 Å². The summed E-state index contributed by atoms with van der Waals surface area (Å²) in [6.07, 6.45) is 7.15. The van der Waals surface area contributed by atoms with Crippen molar-refractivity contribution in [3.63, 3.8) is 0 Å². The summed E-state index contributed by atoms with van der Waals surface area (Å²) in [5.41, 5.74) is 8.33. The molecule has 1 aromatic carbocycles. The van der Waals surface area contributed by atoms with E-state index >= 15 is 0 Å². The highest BCUT2D eigenvalue weighted by molar-refractivity contribution is 5.59. The lowest BCUT2D eigenvalue weighted by atomic mass is 9.90. The van der Waals surface area contributed by atoms with Crippen LogP contribution in [0.3, 0.4) is 0 Å². The molecule has 0 atom stereocenters. The number of nitriles is 1. The zero-order valence-electron chi connectivity index (χ0n) is 9.19. The summed E-state index contributed by atoms with van der Waals surface area (Å²) in [5.74, 6) is 0. The van der Waals surface area contributed by atoms with Gasteiger partial charge in [-0.2, -0.15) is 5.26 Å². The van der Waals surface area contributed by atoms with Crippen LogP contribution in [-0.2, 0) is 25.7 Å². The third-order valence-corrected chi connectivity index (χ3v) is 4.06. The molecule has 0 bridgehead atoms. The van der Waals surface area contributed by atoms with Gasteiger partial charge in [0.1, 0.15) is 0 Å². The van der Waals surface area contributed by atoms with E-state index in [9.17, 15) is 5.26 Å². The van der Waals surface area contributed by atoms with Crippen LogP contribution in [0.4, 0.5) is 0 Å². The van der Waals surface area contributed by atoms with Crippen molar-refractivity contribution >= 4 is 0 Å². The van der Waals surface area contributed by atoms with E-state index in [0.29, 0.717) is 0 Å². The van der Waals surface area contributed by atoms with Crippen LogP contribution in [0, 0.1) is 18.3 Å². The second-order valence-corrected chi connectivity index (χ2v) is 4.73. The second-order valence-electron chi connectivity index (χ2n) is 4.73. The van der Waals surface area contributed by atoms with E-state index in [1.165, 1.54) is 53.5 Å². The molecule has 0 saturated carbocycles. The number of hydrogen-bond donors (Lipinski definition) is 0. The van der Waals surface area contributed by atoms with Crippen LogP contribution < -0.4 is 0 Å². The van der Waals surface area contributed by atoms with Gasteiger partial charge in [0.15, 0.2) is 0 Å². The molecule has 76 valence electrons. The molecule has 0 amide bonds. The fourth-order valence-corrected chi connectivity index (χ4v) is 3.37. The first-order valence-corrected chi connectivity index (χ1v) is 5.89. The maximum atomic E-state index is 9.31. The van der Waals surface area contributed by atoms with Gasteiger partial charge in [0, 0.05) is 0 Å². The molecule has 0 N–H and O–H groups in total. The Bertz CT molecular complexity index is 442. The number of benzene rings is 1. The van der Waals surface area contributed by atoms with Crippen molar-refractivity contribution in [1.82, 2.24) is 0 Å². The minimum Gasteiger partial charge on any atom is -0.192 e. The zero-order valence-corrected chi connectivity index (χ0v) is 9.19. The smallest absolute Gasteiger partial charge is 0.0997 e. The largest absolute Gasteiger partial charge is 0.192 e. The first kappa shape index (κ1) is 8.97. The molecule has 1 aromatic rings. The summed E-state index contributed by atoms with van der Waals surface area (Å²) in [6, 6.07) is 2.45. The maximum Gasteiger partial charge on any atom is 0.0997 e. The summed E-state index contributed by atoms with van der Waals surface area (Å²) in [4.78, 5) is 0. The fourth-order valence-electron chi connectivity index (χ4n) is 3.37. The lowest BCUT2D eigenvalue weighted by molar-refractivity contribution is 0.891. The lowest BCUT2D eigenvalue weighted by Crippen LogP contribution is -2.01. The Labute approximate surface area is 90.7 Å². The first-order valence-electron chi connectivity index (χ1n) is 5.89. The summed E-state index contributed by atoms with van der Waals surface area (Å²) >= 11 is 0. The highest BCUT2D eigenvalue weighted by Crippen LogP contribution is 2.37. The highest BCUT2D eigenvalue weighted by atomic mass is 14.3. The normalized spacial score (nSPS) is 17.3. The number of fused-ring (bicyclic) bond motifs is 2. The van der Waals surface area contributed by atoms with Crippen LogP contribution >= 0.6 is 0 Å². The molecular formula is C14H15N. The molecule has 0 heterocycles. The van der Waals surface area contributed by atoms with Crippen LogP contribution in [0.5, 0.6) is 0 Å². The molecule has 2 aliphatic rings. The Morgan fingerprint density at radius 3 is 1.80 bits per heavy atom. The number of nitrogens with zero attached hydrogens (tertiary/aromatic N) is 1. The highest BCUT2D eigenvalue weighted by Gasteiger charge is 2.26. The van der Waals surface area contributed by atoms with E-state index in [1.807, 2.05) is 0 Å². The molecule has 0 spiro atoms. The zero-order chi connectivity index (χ0) is 10.4. The Kier molecular flexibility index (Phi) is 1.85. The predicted molar refractivity (Wildman–Crippen MR) is 59.9 cm³/mol. The standard InChI is InChI=1S/C14H15N/c1-9-10-4-2-6-12(10)14(8-15)13-7-3-5-11(9)13/h2-7H2,1H3. The van der Waals surface area contributed by atoms with Gasteiger partial charge in [-0.25, -0.2) is 0 Å². The third kappa shape index (κ3) is 1.08. The van der Waals surface area contributed by atoms with Crippen LogP contribution in [0.25, 0.3) is 0 Å². The summed E-state index contributed by atoms with van der Waals surface area (Å²) in [5, 5.41) is 9.31. The van der Waals surface area contributed by atoms with Gasteiger partial charge in [-0.1, -0.05) is 0 Å². The minimum absolute atomic E-state index is 1.04. The average Bonchev–Trinajstić information content (AvgIpc) is 2.85. The van der Waals surface area contributed by atoms with Gasteiger partial charge in [-0.05, 0) is 73.3 Å². The molecule has 1 nitrogen and oxygen atoms in total. The summed E-state index contributed by atoms with van der Waals surface area (Å²) < 4.78 is 0. The Balaban J connectivity index is 2.37. The van der Waals surface area contributed by atoms with E-state index in [2.05, 4.69) is 13.0 Å². The van der Waals surface area contributed by atoms with Gasteiger partial charge in [-0.3, -0.25) is 0 Å². The minimum atomic E-state index is 1.04. The predicted octanol–water partition coefficient (Wildman–Crippen LogP) is 2.84. The molecule has 0 aliphatic heterocycles. The Morgan fingerprint density at radius 2 is 1.33 bits per heavy atom. The van der Waals surface area contributed by atoms with Crippen LogP contribution in [0.2, 0.25) is 0 Å². The quantitative estimate of drug-likeness (QED) is 0.627. The molecule has 0 radical (unpaired) electrons. The van der Waals surface area contributed by atoms with Gasteiger partial charge in [0.25, 0.3) is 0 Å². The second kappa shape index (κ2) is 3.10. The van der Waals surface area contributed by atoms with E-state index < -0.39 is 0 Å². The molecule has 1 heteroatoms. The molecule has 0 saturated heterocycles. The van der Waals surface area contributed by atoms with E-state index in [1.54, 1.807) is 0 Å². The van der Waals surface area contributed by atoms with Crippen LogP contribution in [0.1, 0.15) is 46.2 Å². The molecule has 0 aromatic heterocycles. The summed E-state index contributed by atoms with van der Waals surface area (Å²) in [7, 11) is 0. The summed E-state index contributed by atoms with van der Waals surface area (Å²) in [6.45, 7) is 2.26. The lowest BCUT2D eigenvalue weighted by Gasteiger charge is -2.13. The van der Waals surface area contributed by atoms with Gasteiger partial charge in [-0.15, -0.1) is 0 Å². The average molecular weight is 197 g/mol. The van der Waals surface area contributed by atoms with Crippen molar-refractivity contribution in [1.29, 1.82) is 5.26 Å². The van der Waals surface area contributed by atoms with Gasteiger partial charge < -0.3 is 0 Å². The van der Waals surface area contributed by atoms with Crippen LogP contribution in [-0.4, -0.2) is 0 Å². The topological polar surface area (TPSA) is 23.8 Å². The van der Waals surface area contributed by atoms with Crippen LogP contribution in [0.15, 0.2) is 0 Å². The van der Waals surface area contributed by atoms with Gasteiger partial charge >= 0.3 is 0 Å². The van der Waals surface area contributed by atoms with Gasteiger partial charge in [0.05, 0.1) is 11.6 Å². The SMILES string of the molecule is Cc1c2c(c(C#N)c3c1CCC3)CCC2. The molecule has 15 heavy (non-hydrogen) atoms. The first-order chi connectivity index (χ1) is 7.33. The third-order valence-electron chi connectivity index (χ3n) is 4.06. The molecular weight excluding hydrogens is 182 g/mol. The van der Waals surface area contributed by atoms with Crippen molar-refractivity contribution in [2.24, 2.45) is 0 Å². The van der Waals surface area contributed by atoms with Crippen molar-refractivity contribution in [2.45, 2.75) is 45.4 Å². The molecule has 3 rings (SSSR count). The van der Waals surface area contributed by atoms with E-state index in [-0.39, 0.29) is 0 Å². The Morgan fingerprint density at radius 1 is 0.867 bits per heavy atom. The van der Waals surface area contributed by atoms with Crippen molar-refractivity contribution in [3.8, 4) is 6.07 Å². The monoisotopic (exact) mass is 197 g/mol. The van der Waals surface area contributed by atoms with E-state index in [0.717, 1.165) is 18.4 Å². The molecule has 0 fully saturated rings. The molecule has 0 unspecified atom stereocenters. The Hall–Kier alpha value is -1.29. The van der Waals surface area contributed by atoms with Crippen molar-refractivity contribution in [3.05, 3.63) is 33.4 Å². The van der Waals surface area contributed by atoms with E-state index in [4.69, 9.17) is 0 Å².